The second kappa shape index (κ2) is 13.3. The topological polar surface area (TPSA) is 69.8 Å². The molecule has 1 N–H and O–H groups in total. The first kappa shape index (κ1) is 33.1. The van der Waals surface area contributed by atoms with Gasteiger partial charge in [0, 0.05) is 43.9 Å². The highest BCUT2D eigenvalue weighted by molar-refractivity contribution is 6.23. The van der Waals surface area contributed by atoms with E-state index in [0.29, 0.717) is 17.6 Å². The van der Waals surface area contributed by atoms with Crippen LogP contribution in [-0.4, -0.2) is 24.1 Å². The summed E-state index contributed by atoms with van der Waals surface area (Å²) in [5.74, 6) is 2.58. The molecule has 7 heteroatoms. The summed E-state index contributed by atoms with van der Waals surface area (Å²) in [7, 11) is 0. The molecule has 8 aromatic carbocycles. The van der Waals surface area contributed by atoms with Crippen molar-refractivity contribution in [3.63, 3.8) is 0 Å². The molecule has 0 spiro atoms. The lowest BCUT2D eigenvalue weighted by Crippen LogP contribution is -2.09. The highest BCUT2D eigenvalue weighted by Gasteiger charge is 2.26. The number of fused-ring (bicyclic) bond motifs is 8. The largest absolute Gasteiger partial charge is 0.464 e. The molecule has 1 aliphatic rings. The first-order chi connectivity index (χ1) is 29.2. The van der Waals surface area contributed by atoms with Gasteiger partial charge in [0.1, 0.15) is 5.75 Å². The maximum atomic E-state index is 6.40. The summed E-state index contributed by atoms with van der Waals surface area (Å²) < 4.78 is 11.0. The van der Waals surface area contributed by atoms with E-state index >= 15 is 0 Å². The van der Waals surface area contributed by atoms with Gasteiger partial charge in [0.15, 0.2) is 17.9 Å². The lowest BCUT2D eigenvalue weighted by Gasteiger charge is -2.14. The Morgan fingerprint density at radius 2 is 0.932 bits per heavy atom. The third-order valence-electron chi connectivity index (χ3n) is 11.4. The molecule has 0 amide bonds. The second-order valence-electron chi connectivity index (χ2n) is 14.9. The van der Waals surface area contributed by atoms with Crippen LogP contribution in [0.1, 0.15) is 11.8 Å². The van der Waals surface area contributed by atoms with Crippen LogP contribution in [0.2, 0.25) is 0 Å². The number of anilines is 1. The number of aromatic nitrogens is 5. The van der Waals surface area contributed by atoms with Crippen LogP contribution in [-0.2, 0) is 0 Å². The first-order valence-corrected chi connectivity index (χ1v) is 19.8. The fraction of sp³-hybridized carbons (Fsp3) is 0.0192. The molecule has 1 unspecified atom stereocenters. The van der Waals surface area contributed by atoms with Crippen molar-refractivity contribution < 1.29 is 4.74 Å². The molecule has 1 aliphatic heterocycles. The molecule has 0 bridgehead atoms. The Morgan fingerprint density at radius 1 is 0.424 bits per heavy atom. The number of benzene rings is 8. The highest BCUT2D eigenvalue weighted by Crippen LogP contribution is 2.44. The van der Waals surface area contributed by atoms with Gasteiger partial charge in [0.2, 0.25) is 5.95 Å². The van der Waals surface area contributed by atoms with Crippen molar-refractivity contribution in [2.24, 2.45) is 0 Å². The second-order valence-corrected chi connectivity index (χ2v) is 14.9. The highest BCUT2D eigenvalue weighted by atomic mass is 16.5. The first-order valence-electron chi connectivity index (χ1n) is 19.8. The Labute approximate surface area is 339 Å². The van der Waals surface area contributed by atoms with Crippen LogP contribution in [0.5, 0.6) is 5.75 Å². The van der Waals surface area contributed by atoms with Crippen molar-refractivity contribution >= 4 is 49.3 Å². The Balaban J connectivity index is 1.12. The Bertz CT molecular complexity index is 3380. The number of nitrogens with zero attached hydrogens (tertiary/aromatic N) is 5. The SMILES string of the molecule is c1ccc(-c2ccc(-c3nc(-c4ccccc4)nc(-n4c5ccccc5c5ccc6c7ccccc7n(-c7ccc8c(c7)NC(c7ccccc7)O8)c6c54)n3)cc2)cc1. The predicted octanol–water partition coefficient (Wildman–Crippen LogP) is 12.6. The van der Waals surface area contributed by atoms with Crippen LogP contribution in [0.15, 0.2) is 194 Å². The minimum absolute atomic E-state index is 0.264. The monoisotopic (exact) mass is 758 g/mol. The van der Waals surface area contributed by atoms with Crippen molar-refractivity contribution in [1.29, 1.82) is 0 Å². The quantitative estimate of drug-likeness (QED) is 0.183. The number of para-hydroxylation sites is 2. The van der Waals surface area contributed by atoms with Gasteiger partial charge in [-0.3, -0.25) is 4.57 Å². The minimum atomic E-state index is -0.264. The van der Waals surface area contributed by atoms with E-state index in [0.717, 1.165) is 88.6 Å². The lowest BCUT2D eigenvalue weighted by atomic mass is 10.0. The average Bonchev–Trinajstić information content (AvgIpc) is 4.00. The Hall–Kier alpha value is -8.03. The molecule has 12 rings (SSSR count). The summed E-state index contributed by atoms with van der Waals surface area (Å²) in [5.41, 5.74) is 11.4. The summed E-state index contributed by atoms with van der Waals surface area (Å²) in [6.45, 7) is 0. The van der Waals surface area contributed by atoms with Gasteiger partial charge >= 0.3 is 0 Å². The van der Waals surface area contributed by atoms with Crippen LogP contribution in [0.4, 0.5) is 5.69 Å². The fourth-order valence-electron chi connectivity index (χ4n) is 8.68. The molecule has 4 heterocycles. The number of ether oxygens (including phenoxy) is 1. The van der Waals surface area contributed by atoms with Gasteiger partial charge in [0.05, 0.1) is 27.8 Å². The van der Waals surface area contributed by atoms with Gasteiger partial charge in [-0.15, -0.1) is 0 Å². The maximum absolute atomic E-state index is 6.40. The predicted molar refractivity (Wildman–Crippen MR) is 238 cm³/mol. The van der Waals surface area contributed by atoms with Gasteiger partial charge in [-0.2, -0.15) is 9.97 Å². The molecule has 0 fully saturated rings. The summed E-state index contributed by atoms with van der Waals surface area (Å²) >= 11 is 0. The molecular weight excluding hydrogens is 725 g/mol. The zero-order valence-corrected chi connectivity index (χ0v) is 31.7. The molecule has 1 atom stereocenters. The lowest BCUT2D eigenvalue weighted by molar-refractivity contribution is 0.260. The minimum Gasteiger partial charge on any atom is -0.464 e. The van der Waals surface area contributed by atoms with E-state index in [-0.39, 0.29) is 6.23 Å². The molecule has 0 aliphatic carbocycles. The standard InChI is InChI=1S/C52H34N6O/c1-4-14-33(15-5-1)34-24-26-36(27-25-34)50-54-49(35-16-6-2-7-17-35)55-52(56-50)58-45-23-13-11-21-40(45)42-30-29-41-39-20-10-12-22-44(39)57(47(41)48(42)58)38-28-31-46-43(32-38)53-51(59-46)37-18-8-3-9-19-37/h1-32,51,53H. The third-order valence-corrected chi connectivity index (χ3v) is 11.4. The van der Waals surface area contributed by atoms with E-state index in [1.807, 2.05) is 42.5 Å². The number of nitrogens with one attached hydrogen (secondary N) is 1. The van der Waals surface area contributed by atoms with Crippen molar-refractivity contribution in [1.82, 2.24) is 24.1 Å². The number of rotatable bonds is 6. The van der Waals surface area contributed by atoms with E-state index in [1.165, 1.54) is 0 Å². The molecule has 278 valence electrons. The van der Waals surface area contributed by atoms with Crippen molar-refractivity contribution in [3.05, 3.63) is 200 Å². The van der Waals surface area contributed by atoms with E-state index in [2.05, 4.69) is 166 Å². The van der Waals surface area contributed by atoms with E-state index in [9.17, 15) is 0 Å². The van der Waals surface area contributed by atoms with Gasteiger partial charge in [-0.1, -0.05) is 164 Å². The molecule has 3 aromatic heterocycles. The number of hydrogen-bond acceptors (Lipinski definition) is 5. The zero-order valence-electron chi connectivity index (χ0n) is 31.7. The maximum Gasteiger partial charge on any atom is 0.238 e. The van der Waals surface area contributed by atoms with Crippen molar-refractivity contribution in [2.45, 2.75) is 6.23 Å². The van der Waals surface area contributed by atoms with Crippen LogP contribution < -0.4 is 10.1 Å². The van der Waals surface area contributed by atoms with Crippen LogP contribution in [0.3, 0.4) is 0 Å². The van der Waals surface area contributed by atoms with Gasteiger partial charge < -0.3 is 14.6 Å². The molecule has 0 radical (unpaired) electrons. The summed E-state index contributed by atoms with van der Waals surface area (Å²) in [6.07, 6.45) is -0.264. The Kier molecular flexibility index (Phi) is 7.46. The molecule has 11 aromatic rings. The molecule has 0 saturated heterocycles. The zero-order chi connectivity index (χ0) is 38.9. The summed E-state index contributed by atoms with van der Waals surface area (Å²) in [5, 5.41) is 8.16. The van der Waals surface area contributed by atoms with Crippen molar-refractivity contribution in [2.75, 3.05) is 5.32 Å². The Morgan fingerprint density at radius 3 is 1.59 bits per heavy atom. The van der Waals surface area contributed by atoms with E-state index in [4.69, 9.17) is 19.7 Å². The summed E-state index contributed by atoms with van der Waals surface area (Å²) in [4.78, 5) is 15.7. The molecular formula is C52H34N6O. The molecule has 7 nitrogen and oxygen atoms in total. The normalized spacial score (nSPS) is 13.5. The van der Waals surface area contributed by atoms with E-state index < -0.39 is 0 Å². The average molecular weight is 759 g/mol. The smallest absolute Gasteiger partial charge is 0.238 e. The van der Waals surface area contributed by atoms with Crippen LogP contribution in [0, 0.1) is 0 Å². The van der Waals surface area contributed by atoms with Crippen LogP contribution >= 0.6 is 0 Å². The third kappa shape index (κ3) is 5.40. The fourth-order valence-corrected chi connectivity index (χ4v) is 8.68. The van der Waals surface area contributed by atoms with Crippen LogP contribution in [0.25, 0.3) is 89.2 Å². The van der Waals surface area contributed by atoms with E-state index in [1.54, 1.807) is 0 Å². The summed E-state index contributed by atoms with van der Waals surface area (Å²) in [6, 6.07) is 67.4. The number of hydrogen-bond donors (Lipinski definition) is 1. The van der Waals surface area contributed by atoms with Gasteiger partial charge in [-0.05, 0) is 41.5 Å². The molecule has 59 heavy (non-hydrogen) atoms. The van der Waals surface area contributed by atoms with Crippen molar-refractivity contribution in [3.8, 4) is 51.3 Å². The van der Waals surface area contributed by atoms with Gasteiger partial charge in [-0.25, -0.2) is 4.98 Å². The van der Waals surface area contributed by atoms with Gasteiger partial charge in [0.25, 0.3) is 0 Å². The molecule has 0 saturated carbocycles.